The maximum atomic E-state index is 13.3. The van der Waals surface area contributed by atoms with Crippen molar-refractivity contribution in [2.45, 2.75) is 26.3 Å². The molecule has 2 heterocycles. The van der Waals surface area contributed by atoms with Crippen molar-refractivity contribution in [1.29, 1.82) is 0 Å². The Morgan fingerprint density at radius 1 is 1.21 bits per heavy atom. The molecule has 3 rings (SSSR count). The van der Waals surface area contributed by atoms with Gasteiger partial charge in [-0.15, -0.1) is 0 Å². The van der Waals surface area contributed by atoms with Crippen LogP contribution in [-0.2, 0) is 35.6 Å². The Balaban J connectivity index is 1.91. The molecular weight excluding hydrogens is 380 g/mol. The van der Waals surface area contributed by atoms with Gasteiger partial charge in [0.15, 0.2) is 0 Å². The first-order valence-electron chi connectivity index (χ1n) is 9.64. The van der Waals surface area contributed by atoms with Crippen LogP contribution in [0.25, 0.3) is 11.0 Å². The fourth-order valence-corrected chi connectivity index (χ4v) is 5.59. The number of aromatic nitrogens is 2. The Morgan fingerprint density at radius 2 is 1.93 bits per heavy atom. The van der Waals surface area contributed by atoms with Crippen molar-refractivity contribution in [2.75, 3.05) is 33.4 Å². The maximum Gasteiger partial charge on any atom is 0.328 e. The minimum absolute atomic E-state index is 0.0988. The van der Waals surface area contributed by atoms with Gasteiger partial charge in [-0.25, -0.2) is 4.79 Å². The quantitative estimate of drug-likeness (QED) is 0.690. The molecule has 28 heavy (non-hydrogen) atoms. The van der Waals surface area contributed by atoms with Crippen molar-refractivity contribution in [3.05, 3.63) is 34.2 Å². The number of ether oxygens (including phenoxy) is 1. The number of hydrogen-bond donors (Lipinski definition) is 0. The highest BCUT2D eigenvalue weighted by atomic mass is 32.2. The Bertz CT molecular complexity index is 995. The van der Waals surface area contributed by atoms with Crippen molar-refractivity contribution in [3.8, 4) is 0 Å². The monoisotopic (exact) mass is 410 g/mol. The van der Waals surface area contributed by atoms with Crippen molar-refractivity contribution in [3.63, 3.8) is 0 Å². The zero-order valence-electron chi connectivity index (χ0n) is 17.1. The van der Waals surface area contributed by atoms with Gasteiger partial charge in [-0.3, -0.25) is 9.13 Å². The van der Waals surface area contributed by atoms with Crippen molar-refractivity contribution in [1.82, 2.24) is 17.7 Å². The Labute approximate surface area is 166 Å². The average molecular weight is 411 g/mol. The molecule has 1 atom stereocenters. The smallest absolute Gasteiger partial charge is 0.328 e. The molecule has 0 aliphatic carbocycles. The molecule has 8 nitrogen and oxygen atoms in total. The van der Waals surface area contributed by atoms with E-state index in [1.807, 2.05) is 18.2 Å². The fraction of sp³-hybridized carbons (Fsp3) is 0.632. The van der Waals surface area contributed by atoms with Gasteiger partial charge in [0.2, 0.25) is 0 Å². The number of rotatable bonds is 7. The van der Waals surface area contributed by atoms with Crippen LogP contribution >= 0.6 is 0 Å². The Morgan fingerprint density at radius 3 is 2.61 bits per heavy atom. The van der Waals surface area contributed by atoms with Gasteiger partial charge in [0, 0.05) is 47.4 Å². The summed E-state index contributed by atoms with van der Waals surface area (Å²) in [6.07, 6.45) is 1.94. The van der Waals surface area contributed by atoms with E-state index in [4.69, 9.17) is 4.74 Å². The van der Waals surface area contributed by atoms with Crippen LogP contribution < -0.4 is 5.69 Å². The summed E-state index contributed by atoms with van der Waals surface area (Å²) >= 11 is 0. The van der Waals surface area contributed by atoms with Gasteiger partial charge in [-0.1, -0.05) is 13.0 Å². The van der Waals surface area contributed by atoms with E-state index < -0.39 is 10.2 Å². The molecule has 0 spiro atoms. The number of imidazole rings is 1. The molecule has 1 aromatic carbocycles. The lowest BCUT2D eigenvalue weighted by Crippen LogP contribution is -2.48. The molecule has 156 valence electrons. The van der Waals surface area contributed by atoms with Gasteiger partial charge in [0.1, 0.15) is 0 Å². The van der Waals surface area contributed by atoms with E-state index in [2.05, 4.69) is 6.92 Å². The van der Waals surface area contributed by atoms with E-state index in [0.717, 1.165) is 29.4 Å². The predicted molar refractivity (Wildman–Crippen MR) is 109 cm³/mol. The lowest BCUT2D eigenvalue weighted by atomic mass is 10.0. The standard InChI is InChI=1S/C19H30N4O4S/c1-15-6-5-9-22(13-15)28(25,26)23(10-11-27-4)14-16-7-8-17-18(12-16)21(3)19(24)20(17)2/h7-8,12,15H,5-6,9-11,13-14H2,1-4H3/t15-/m0/s1. The Hall–Kier alpha value is -1.68. The molecule has 1 fully saturated rings. The van der Waals surface area contributed by atoms with Crippen molar-refractivity contribution in [2.24, 2.45) is 20.0 Å². The van der Waals surface area contributed by atoms with Gasteiger partial charge >= 0.3 is 5.69 Å². The molecule has 1 aliphatic heterocycles. The molecule has 0 unspecified atom stereocenters. The number of aryl methyl sites for hydroxylation is 2. The second-order valence-corrected chi connectivity index (χ2v) is 9.59. The highest BCUT2D eigenvalue weighted by Crippen LogP contribution is 2.23. The second-order valence-electron chi connectivity index (χ2n) is 7.66. The fourth-order valence-electron chi connectivity index (χ4n) is 3.84. The third-order valence-corrected chi connectivity index (χ3v) is 7.46. The first kappa shape index (κ1) is 21.0. The van der Waals surface area contributed by atoms with Gasteiger partial charge in [-0.05, 0) is 36.5 Å². The molecule has 0 radical (unpaired) electrons. The zero-order valence-corrected chi connectivity index (χ0v) is 17.9. The predicted octanol–water partition coefficient (Wildman–Crippen LogP) is 1.30. The molecule has 1 aromatic heterocycles. The van der Waals surface area contributed by atoms with Crippen LogP contribution in [0.2, 0.25) is 0 Å². The number of methoxy groups -OCH3 is 1. The molecule has 9 heteroatoms. The van der Waals surface area contributed by atoms with Crippen LogP contribution in [0.1, 0.15) is 25.3 Å². The summed E-state index contributed by atoms with van der Waals surface area (Å²) in [5, 5.41) is 0. The van der Waals surface area contributed by atoms with Crippen LogP contribution in [0.5, 0.6) is 0 Å². The third-order valence-electron chi connectivity index (χ3n) is 5.51. The molecule has 0 bridgehead atoms. The van der Waals surface area contributed by atoms with Crippen molar-refractivity contribution >= 4 is 21.2 Å². The summed E-state index contributed by atoms with van der Waals surface area (Å²) in [4.78, 5) is 12.2. The van der Waals surface area contributed by atoms with Gasteiger partial charge in [0.25, 0.3) is 10.2 Å². The summed E-state index contributed by atoms with van der Waals surface area (Å²) in [5.74, 6) is 0.364. The molecule has 2 aromatic rings. The van der Waals surface area contributed by atoms with Crippen LogP contribution in [0.3, 0.4) is 0 Å². The lowest BCUT2D eigenvalue weighted by molar-refractivity contribution is 0.171. The minimum Gasteiger partial charge on any atom is -0.383 e. The molecular formula is C19H30N4O4S. The van der Waals surface area contributed by atoms with E-state index in [1.165, 1.54) is 4.31 Å². The van der Waals surface area contributed by atoms with Gasteiger partial charge in [0.05, 0.1) is 17.6 Å². The highest BCUT2D eigenvalue weighted by molar-refractivity contribution is 7.86. The first-order valence-corrected chi connectivity index (χ1v) is 11.0. The average Bonchev–Trinajstić information content (AvgIpc) is 2.89. The van der Waals surface area contributed by atoms with Gasteiger partial charge in [-0.2, -0.15) is 17.0 Å². The van der Waals surface area contributed by atoms with Crippen LogP contribution in [0.15, 0.2) is 23.0 Å². The summed E-state index contributed by atoms with van der Waals surface area (Å²) in [6.45, 7) is 4.06. The lowest BCUT2D eigenvalue weighted by Gasteiger charge is -2.34. The summed E-state index contributed by atoms with van der Waals surface area (Å²) < 4.78 is 37.9. The van der Waals surface area contributed by atoms with E-state index in [1.54, 1.807) is 34.6 Å². The van der Waals surface area contributed by atoms with E-state index in [0.29, 0.717) is 25.6 Å². The van der Waals surface area contributed by atoms with E-state index in [9.17, 15) is 13.2 Å². The normalized spacial score (nSPS) is 19.0. The number of benzene rings is 1. The first-order chi connectivity index (χ1) is 13.3. The molecule has 1 saturated heterocycles. The summed E-state index contributed by atoms with van der Waals surface area (Å²) in [7, 11) is 1.45. The topological polar surface area (TPSA) is 76.8 Å². The van der Waals surface area contributed by atoms with Crippen molar-refractivity contribution < 1.29 is 13.2 Å². The molecule has 1 aliphatic rings. The molecule has 0 amide bonds. The number of hydrogen-bond acceptors (Lipinski definition) is 4. The minimum atomic E-state index is -3.58. The summed E-state index contributed by atoms with van der Waals surface area (Å²) in [5.41, 5.74) is 2.37. The second kappa shape index (κ2) is 8.36. The number of nitrogens with zero attached hydrogens (tertiary/aromatic N) is 4. The van der Waals surface area contributed by atoms with Crippen LogP contribution in [-0.4, -0.2) is 59.5 Å². The maximum absolute atomic E-state index is 13.3. The number of piperidine rings is 1. The zero-order chi connectivity index (χ0) is 20.5. The van der Waals surface area contributed by atoms with Crippen LogP contribution in [0.4, 0.5) is 0 Å². The van der Waals surface area contributed by atoms with Crippen LogP contribution in [0, 0.1) is 5.92 Å². The Kier molecular flexibility index (Phi) is 6.28. The third kappa shape index (κ3) is 4.03. The largest absolute Gasteiger partial charge is 0.383 e. The van der Waals surface area contributed by atoms with Gasteiger partial charge < -0.3 is 4.74 Å². The van der Waals surface area contributed by atoms with E-state index in [-0.39, 0.29) is 18.8 Å². The number of fused-ring (bicyclic) bond motifs is 1. The SMILES string of the molecule is COCCN(Cc1ccc2c(c1)n(C)c(=O)n2C)S(=O)(=O)N1CCC[C@H](C)C1. The molecule has 0 saturated carbocycles. The highest BCUT2D eigenvalue weighted by Gasteiger charge is 2.32. The summed E-state index contributed by atoms with van der Waals surface area (Å²) in [6, 6.07) is 5.65. The van der Waals surface area contributed by atoms with E-state index >= 15 is 0 Å². The molecule has 0 N–H and O–H groups in total.